The van der Waals surface area contributed by atoms with E-state index in [0.717, 1.165) is 17.7 Å². The Morgan fingerprint density at radius 1 is 1.30 bits per heavy atom. The first kappa shape index (κ1) is 14.8. The molecule has 0 aliphatic heterocycles. The highest BCUT2D eigenvalue weighted by Gasteiger charge is 2.10. The van der Waals surface area contributed by atoms with Gasteiger partial charge in [0, 0.05) is 30.3 Å². The minimum absolute atomic E-state index is 0.269. The summed E-state index contributed by atoms with van der Waals surface area (Å²) in [6.07, 6.45) is 5.98. The molecule has 0 atom stereocenters. The number of rotatable bonds is 6. The lowest BCUT2D eigenvalue weighted by Crippen LogP contribution is -2.07. The van der Waals surface area contributed by atoms with Crippen LogP contribution < -0.4 is 11.1 Å². The fourth-order valence-electron chi connectivity index (χ4n) is 1.42. The van der Waals surface area contributed by atoms with E-state index in [1.807, 2.05) is 0 Å². The Balaban J connectivity index is 2.11. The minimum Gasteiger partial charge on any atom is -0.393 e. The van der Waals surface area contributed by atoms with Gasteiger partial charge in [-0.2, -0.15) is 0 Å². The molecule has 0 amide bonds. The topological polar surface area (TPSA) is 89.6 Å². The first-order valence-corrected chi connectivity index (χ1v) is 7.50. The van der Waals surface area contributed by atoms with Crippen LogP contribution in [0.3, 0.4) is 0 Å². The highest BCUT2D eigenvalue weighted by atomic mass is 35.5. The second kappa shape index (κ2) is 7.25. The van der Waals surface area contributed by atoms with Crippen LogP contribution in [0.4, 0.5) is 11.5 Å². The first-order valence-electron chi connectivity index (χ1n) is 6.14. The molecular weight excluding hydrogens is 296 g/mol. The lowest BCUT2D eigenvalue weighted by Gasteiger charge is -2.10. The third kappa shape index (κ3) is 3.94. The maximum Gasteiger partial charge on any atom is 0.191 e. The van der Waals surface area contributed by atoms with E-state index >= 15 is 0 Å². The molecule has 0 saturated heterocycles. The number of nitrogen functional groups attached to an aromatic ring is 1. The molecule has 20 heavy (non-hydrogen) atoms. The van der Waals surface area contributed by atoms with Gasteiger partial charge in [-0.05, 0) is 6.42 Å². The van der Waals surface area contributed by atoms with E-state index < -0.39 is 0 Å². The lowest BCUT2D eigenvalue weighted by molar-refractivity contribution is 0.948. The van der Waals surface area contributed by atoms with Crippen molar-refractivity contribution in [1.82, 2.24) is 19.9 Å². The molecule has 8 heteroatoms. The van der Waals surface area contributed by atoms with Crippen molar-refractivity contribution in [2.24, 2.45) is 0 Å². The number of anilines is 2. The number of nitrogens with two attached hydrogens (primary N) is 1. The monoisotopic (exact) mass is 310 g/mol. The zero-order chi connectivity index (χ0) is 14.4. The van der Waals surface area contributed by atoms with E-state index in [1.54, 1.807) is 24.2 Å². The van der Waals surface area contributed by atoms with E-state index in [1.165, 1.54) is 6.33 Å². The Hall–Kier alpha value is -1.60. The molecule has 0 saturated carbocycles. The van der Waals surface area contributed by atoms with Crippen LogP contribution in [-0.2, 0) is 6.54 Å². The number of halogens is 1. The Morgan fingerprint density at radius 2 is 2.05 bits per heavy atom. The van der Waals surface area contributed by atoms with Crippen molar-refractivity contribution >= 4 is 34.9 Å². The van der Waals surface area contributed by atoms with Crippen molar-refractivity contribution < 1.29 is 0 Å². The van der Waals surface area contributed by atoms with E-state index in [4.69, 9.17) is 17.3 Å². The van der Waals surface area contributed by atoms with Gasteiger partial charge in [0.1, 0.15) is 12.0 Å². The SMILES string of the molecule is CCCSc1nc(Cl)c(N)c(NCc2cncnc2)n1. The van der Waals surface area contributed by atoms with Gasteiger partial charge in [0.25, 0.3) is 0 Å². The lowest BCUT2D eigenvalue weighted by atomic mass is 10.3. The van der Waals surface area contributed by atoms with Crippen LogP contribution in [0.5, 0.6) is 0 Å². The van der Waals surface area contributed by atoms with Gasteiger partial charge >= 0.3 is 0 Å². The van der Waals surface area contributed by atoms with Gasteiger partial charge in [0.05, 0.1) is 0 Å². The predicted molar refractivity (Wildman–Crippen MR) is 81.8 cm³/mol. The van der Waals surface area contributed by atoms with E-state index in [9.17, 15) is 0 Å². The van der Waals surface area contributed by atoms with Crippen LogP contribution in [0.25, 0.3) is 0 Å². The number of aromatic nitrogens is 4. The summed E-state index contributed by atoms with van der Waals surface area (Å²) in [6, 6.07) is 0. The highest BCUT2D eigenvalue weighted by molar-refractivity contribution is 7.99. The van der Waals surface area contributed by atoms with Gasteiger partial charge in [0.2, 0.25) is 0 Å². The van der Waals surface area contributed by atoms with Crippen molar-refractivity contribution in [2.75, 3.05) is 16.8 Å². The largest absolute Gasteiger partial charge is 0.393 e. The van der Waals surface area contributed by atoms with Gasteiger partial charge < -0.3 is 11.1 Å². The molecule has 0 fully saturated rings. The van der Waals surface area contributed by atoms with Gasteiger partial charge in [-0.15, -0.1) is 0 Å². The van der Waals surface area contributed by atoms with Gasteiger partial charge in [-0.3, -0.25) is 0 Å². The Morgan fingerprint density at radius 3 is 2.75 bits per heavy atom. The van der Waals surface area contributed by atoms with Crippen LogP contribution in [0, 0.1) is 0 Å². The first-order chi connectivity index (χ1) is 9.70. The summed E-state index contributed by atoms with van der Waals surface area (Å²) in [4.78, 5) is 16.4. The Kier molecular flexibility index (Phi) is 5.37. The average Bonchev–Trinajstić information content (AvgIpc) is 2.48. The fourth-order valence-corrected chi connectivity index (χ4v) is 2.34. The van der Waals surface area contributed by atoms with Crippen molar-refractivity contribution in [3.8, 4) is 0 Å². The molecule has 0 aromatic carbocycles. The van der Waals surface area contributed by atoms with Gasteiger partial charge in [-0.25, -0.2) is 19.9 Å². The van der Waals surface area contributed by atoms with Crippen molar-refractivity contribution in [3.63, 3.8) is 0 Å². The van der Waals surface area contributed by atoms with Crippen molar-refractivity contribution in [2.45, 2.75) is 25.0 Å². The maximum atomic E-state index is 6.03. The van der Waals surface area contributed by atoms with E-state index in [2.05, 4.69) is 32.2 Å². The normalized spacial score (nSPS) is 10.5. The zero-order valence-corrected chi connectivity index (χ0v) is 12.6. The number of nitrogens with zero attached hydrogens (tertiary/aromatic N) is 4. The van der Waals surface area contributed by atoms with Gasteiger partial charge in [0.15, 0.2) is 16.1 Å². The van der Waals surface area contributed by atoms with Crippen LogP contribution >= 0.6 is 23.4 Å². The molecule has 2 heterocycles. The molecule has 0 radical (unpaired) electrons. The summed E-state index contributed by atoms with van der Waals surface area (Å²) in [6.45, 7) is 2.62. The maximum absolute atomic E-state index is 6.03. The second-order valence-electron chi connectivity index (χ2n) is 4.01. The molecule has 0 spiro atoms. The summed E-state index contributed by atoms with van der Waals surface area (Å²) in [7, 11) is 0. The van der Waals surface area contributed by atoms with E-state index in [0.29, 0.717) is 23.2 Å². The van der Waals surface area contributed by atoms with Gasteiger partial charge in [-0.1, -0.05) is 30.3 Å². The number of hydrogen-bond donors (Lipinski definition) is 2. The van der Waals surface area contributed by atoms with Crippen LogP contribution in [0.2, 0.25) is 5.15 Å². The van der Waals surface area contributed by atoms with E-state index in [-0.39, 0.29) is 5.15 Å². The Bertz CT molecular complexity index is 565. The Labute approximate surface area is 126 Å². The molecule has 3 N–H and O–H groups in total. The third-order valence-corrected chi connectivity index (χ3v) is 3.73. The number of nitrogens with one attached hydrogen (secondary N) is 1. The summed E-state index contributed by atoms with van der Waals surface area (Å²) in [5.41, 5.74) is 7.17. The molecular formula is C12H15ClN6S. The summed E-state index contributed by atoms with van der Waals surface area (Å²) < 4.78 is 0. The molecule has 2 aromatic rings. The second-order valence-corrected chi connectivity index (χ2v) is 5.43. The summed E-state index contributed by atoms with van der Waals surface area (Å²) >= 11 is 7.58. The van der Waals surface area contributed by atoms with Crippen molar-refractivity contribution in [3.05, 3.63) is 29.4 Å². The fraction of sp³-hybridized carbons (Fsp3) is 0.333. The highest BCUT2D eigenvalue weighted by Crippen LogP contribution is 2.27. The van der Waals surface area contributed by atoms with Crippen molar-refractivity contribution in [1.29, 1.82) is 0 Å². The number of hydrogen-bond acceptors (Lipinski definition) is 7. The molecule has 2 rings (SSSR count). The molecule has 0 aliphatic rings. The van der Waals surface area contributed by atoms with Crippen LogP contribution in [0.1, 0.15) is 18.9 Å². The molecule has 106 valence electrons. The number of thioether (sulfide) groups is 1. The quantitative estimate of drug-likeness (QED) is 0.481. The summed E-state index contributed by atoms with van der Waals surface area (Å²) in [5, 5.41) is 4.02. The predicted octanol–water partition coefficient (Wildman–Crippen LogP) is 2.62. The average molecular weight is 311 g/mol. The molecule has 2 aromatic heterocycles. The molecule has 0 bridgehead atoms. The molecule has 0 unspecified atom stereocenters. The summed E-state index contributed by atoms with van der Waals surface area (Å²) in [5.74, 6) is 1.47. The van der Waals surface area contributed by atoms with Crippen LogP contribution in [0.15, 0.2) is 23.9 Å². The smallest absolute Gasteiger partial charge is 0.191 e. The zero-order valence-electron chi connectivity index (χ0n) is 11.0. The van der Waals surface area contributed by atoms with Crippen LogP contribution in [-0.4, -0.2) is 25.7 Å². The molecule has 0 aliphatic carbocycles. The third-order valence-electron chi connectivity index (χ3n) is 2.39. The molecule has 6 nitrogen and oxygen atoms in total. The standard InChI is InChI=1S/C12H15ClN6S/c1-2-3-20-12-18-10(13)9(14)11(19-12)17-6-8-4-15-7-16-5-8/h4-5,7H,2-3,6,14H2,1H3,(H,17,18,19). The minimum atomic E-state index is 0.269.